The van der Waals surface area contributed by atoms with Gasteiger partial charge in [0.25, 0.3) is 0 Å². The summed E-state index contributed by atoms with van der Waals surface area (Å²) in [6.45, 7) is 2.08. The van der Waals surface area contributed by atoms with Crippen molar-refractivity contribution in [3.05, 3.63) is 47.5 Å². The average molecular weight is 250 g/mol. The number of nitrogens with zero attached hydrogens (tertiary/aromatic N) is 2. The van der Waals surface area contributed by atoms with Crippen molar-refractivity contribution in [2.24, 2.45) is 0 Å². The molecule has 0 saturated carbocycles. The number of benzene rings is 1. The Morgan fingerprint density at radius 1 is 1.47 bits per heavy atom. The summed E-state index contributed by atoms with van der Waals surface area (Å²) < 4.78 is 1.77. The zero-order valence-electron chi connectivity index (χ0n) is 9.35. The van der Waals surface area contributed by atoms with Crippen LogP contribution >= 0.6 is 11.6 Å². The van der Waals surface area contributed by atoms with Crippen molar-refractivity contribution in [1.82, 2.24) is 9.55 Å². The van der Waals surface area contributed by atoms with Gasteiger partial charge in [0.15, 0.2) is 0 Å². The minimum atomic E-state index is -0.126. The summed E-state index contributed by atoms with van der Waals surface area (Å²) in [7, 11) is 0. The molecule has 0 radical (unpaired) electrons. The Hall–Kier alpha value is -1.81. The number of para-hydroxylation sites is 1. The van der Waals surface area contributed by atoms with Gasteiger partial charge in [0.05, 0.1) is 10.7 Å². The number of hydrogen-bond donors (Lipinski definition) is 1. The van der Waals surface area contributed by atoms with E-state index in [-0.39, 0.29) is 12.5 Å². The molecule has 88 valence electrons. The molecule has 1 aromatic carbocycles. The molecule has 1 N–H and O–H groups in total. The van der Waals surface area contributed by atoms with Crippen molar-refractivity contribution < 1.29 is 4.79 Å². The predicted molar refractivity (Wildman–Crippen MR) is 67.0 cm³/mol. The first-order valence-electron chi connectivity index (χ1n) is 5.19. The third-order valence-corrected chi connectivity index (χ3v) is 2.72. The number of imidazole rings is 1. The summed E-state index contributed by atoms with van der Waals surface area (Å²) in [6, 6.07) is 7.14. The molecule has 2 rings (SSSR count). The van der Waals surface area contributed by atoms with Crippen LogP contribution in [-0.4, -0.2) is 15.5 Å². The second-order valence-corrected chi connectivity index (χ2v) is 4.04. The van der Waals surface area contributed by atoms with Crippen LogP contribution in [0, 0.1) is 6.92 Å². The molecule has 0 fully saturated rings. The fraction of sp³-hybridized carbons (Fsp3) is 0.167. The minimum absolute atomic E-state index is 0.126. The standard InChI is InChI=1S/C12H12ClN3O/c1-9-14-6-7-16(9)8-12(17)15-11-5-3-2-4-10(11)13/h2-7H,8H2,1H3,(H,15,17). The van der Waals surface area contributed by atoms with Crippen LogP contribution in [-0.2, 0) is 11.3 Å². The Morgan fingerprint density at radius 2 is 2.24 bits per heavy atom. The predicted octanol–water partition coefficient (Wildman–Crippen LogP) is 2.48. The van der Waals surface area contributed by atoms with Crippen LogP contribution in [0.2, 0.25) is 5.02 Å². The topological polar surface area (TPSA) is 46.9 Å². The second-order valence-electron chi connectivity index (χ2n) is 3.63. The van der Waals surface area contributed by atoms with E-state index in [1.807, 2.05) is 19.1 Å². The number of rotatable bonds is 3. The normalized spacial score (nSPS) is 10.2. The molecule has 1 heterocycles. The molecule has 0 spiro atoms. The van der Waals surface area contributed by atoms with Crippen LogP contribution in [0.3, 0.4) is 0 Å². The molecule has 0 aliphatic heterocycles. The van der Waals surface area contributed by atoms with E-state index in [0.717, 1.165) is 5.82 Å². The highest BCUT2D eigenvalue weighted by Gasteiger charge is 2.07. The van der Waals surface area contributed by atoms with Crippen LogP contribution in [0.25, 0.3) is 0 Å². The maximum absolute atomic E-state index is 11.8. The van der Waals surface area contributed by atoms with E-state index in [1.165, 1.54) is 0 Å². The molecule has 0 aliphatic rings. The van der Waals surface area contributed by atoms with Gasteiger partial charge in [-0.1, -0.05) is 23.7 Å². The number of nitrogens with one attached hydrogen (secondary N) is 1. The summed E-state index contributed by atoms with van der Waals surface area (Å²) in [4.78, 5) is 15.8. The highest BCUT2D eigenvalue weighted by Crippen LogP contribution is 2.20. The number of amides is 1. The van der Waals surface area contributed by atoms with Gasteiger partial charge in [0, 0.05) is 12.4 Å². The van der Waals surface area contributed by atoms with E-state index >= 15 is 0 Å². The van der Waals surface area contributed by atoms with E-state index < -0.39 is 0 Å². The molecular weight excluding hydrogens is 238 g/mol. The van der Waals surface area contributed by atoms with Crippen molar-refractivity contribution in [2.75, 3.05) is 5.32 Å². The van der Waals surface area contributed by atoms with E-state index in [9.17, 15) is 4.79 Å². The van der Waals surface area contributed by atoms with Crippen LogP contribution in [0.5, 0.6) is 0 Å². The van der Waals surface area contributed by atoms with E-state index in [1.54, 1.807) is 29.1 Å². The molecule has 0 unspecified atom stereocenters. The van der Waals surface area contributed by atoms with Crippen molar-refractivity contribution in [3.63, 3.8) is 0 Å². The average Bonchev–Trinajstić information content (AvgIpc) is 2.68. The zero-order valence-corrected chi connectivity index (χ0v) is 10.1. The summed E-state index contributed by atoms with van der Waals surface area (Å²) in [5, 5.41) is 3.29. The SMILES string of the molecule is Cc1nccn1CC(=O)Nc1ccccc1Cl. The maximum Gasteiger partial charge on any atom is 0.244 e. The number of anilines is 1. The Labute approximate surface area is 104 Å². The Kier molecular flexibility index (Phi) is 3.44. The largest absolute Gasteiger partial charge is 0.326 e. The lowest BCUT2D eigenvalue weighted by molar-refractivity contribution is -0.116. The van der Waals surface area contributed by atoms with Gasteiger partial charge < -0.3 is 9.88 Å². The quantitative estimate of drug-likeness (QED) is 0.909. The van der Waals surface area contributed by atoms with Crippen molar-refractivity contribution in [1.29, 1.82) is 0 Å². The van der Waals surface area contributed by atoms with Crippen molar-refractivity contribution >= 4 is 23.2 Å². The number of carbonyl (C=O) groups excluding carboxylic acids is 1. The fourth-order valence-corrected chi connectivity index (χ4v) is 1.66. The minimum Gasteiger partial charge on any atom is -0.326 e. The monoisotopic (exact) mass is 249 g/mol. The molecule has 0 aliphatic carbocycles. The third-order valence-electron chi connectivity index (χ3n) is 2.39. The lowest BCUT2D eigenvalue weighted by atomic mass is 10.3. The lowest BCUT2D eigenvalue weighted by Gasteiger charge is -2.08. The summed E-state index contributed by atoms with van der Waals surface area (Å²) in [5.41, 5.74) is 0.622. The molecule has 0 atom stereocenters. The molecular formula is C12H12ClN3O. The smallest absolute Gasteiger partial charge is 0.244 e. The first-order chi connectivity index (χ1) is 8.16. The second kappa shape index (κ2) is 5.01. The van der Waals surface area contributed by atoms with Gasteiger partial charge in [0.1, 0.15) is 12.4 Å². The van der Waals surface area contributed by atoms with Gasteiger partial charge in [-0.05, 0) is 19.1 Å². The molecule has 2 aromatic rings. The molecule has 17 heavy (non-hydrogen) atoms. The molecule has 1 amide bonds. The first-order valence-corrected chi connectivity index (χ1v) is 5.57. The molecule has 0 bridgehead atoms. The van der Waals surface area contributed by atoms with E-state index in [0.29, 0.717) is 10.7 Å². The van der Waals surface area contributed by atoms with Gasteiger partial charge in [-0.15, -0.1) is 0 Å². The number of aromatic nitrogens is 2. The van der Waals surface area contributed by atoms with E-state index in [2.05, 4.69) is 10.3 Å². The lowest BCUT2D eigenvalue weighted by Crippen LogP contribution is -2.19. The Balaban J connectivity index is 2.03. The number of halogens is 1. The van der Waals surface area contributed by atoms with Crippen molar-refractivity contribution in [2.45, 2.75) is 13.5 Å². The number of carbonyl (C=O) groups is 1. The maximum atomic E-state index is 11.8. The molecule has 5 heteroatoms. The highest BCUT2D eigenvalue weighted by atomic mass is 35.5. The van der Waals surface area contributed by atoms with Crippen LogP contribution in [0.1, 0.15) is 5.82 Å². The van der Waals surface area contributed by atoms with Gasteiger partial charge >= 0.3 is 0 Å². The third kappa shape index (κ3) is 2.85. The Bertz CT molecular complexity index is 536. The van der Waals surface area contributed by atoms with Gasteiger partial charge in [-0.25, -0.2) is 4.98 Å². The number of hydrogen-bond acceptors (Lipinski definition) is 2. The molecule has 0 saturated heterocycles. The van der Waals surface area contributed by atoms with Crippen LogP contribution in [0.4, 0.5) is 5.69 Å². The van der Waals surface area contributed by atoms with Gasteiger partial charge in [0.2, 0.25) is 5.91 Å². The number of aryl methyl sites for hydroxylation is 1. The van der Waals surface area contributed by atoms with E-state index in [4.69, 9.17) is 11.6 Å². The fourth-order valence-electron chi connectivity index (χ4n) is 1.48. The summed E-state index contributed by atoms with van der Waals surface area (Å²) in [6.07, 6.45) is 3.43. The molecule has 1 aromatic heterocycles. The summed E-state index contributed by atoms with van der Waals surface area (Å²) >= 11 is 5.95. The first kappa shape index (κ1) is 11.7. The Morgan fingerprint density at radius 3 is 2.88 bits per heavy atom. The van der Waals surface area contributed by atoms with Crippen LogP contribution in [0.15, 0.2) is 36.7 Å². The van der Waals surface area contributed by atoms with Gasteiger partial charge in [-0.3, -0.25) is 4.79 Å². The summed E-state index contributed by atoms with van der Waals surface area (Å²) in [5.74, 6) is 0.679. The van der Waals surface area contributed by atoms with Gasteiger partial charge in [-0.2, -0.15) is 0 Å². The zero-order chi connectivity index (χ0) is 12.3. The highest BCUT2D eigenvalue weighted by molar-refractivity contribution is 6.33. The van der Waals surface area contributed by atoms with Crippen LogP contribution < -0.4 is 5.32 Å². The van der Waals surface area contributed by atoms with Crippen molar-refractivity contribution in [3.8, 4) is 0 Å². The molecule has 4 nitrogen and oxygen atoms in total.